The van der Waals surface area contributed by atoms with Gasteiger partial charge in [-0.1, -0.05) is 13.8 Å². The molecule has 2 heterocycles. The van der Waals surface area contributed by atoms with Gasteiger partial charge in [-0.25, -0.2) is 14.8 Å². The third-order valence-corrected chi connectivity index (χ3v) is 2.88. The van der Waals surface area contributed by atoms with E-state index >= 15 is 0 Å². The Morgan fingerprint density at radius 1 is 1.23 bits per heavy atom. The predicted octanol–water partition coefficient (Wildman–Crippen LogP) is 2.74. The van der Waals surface area contributed by atoms with Crippen LogP contribution in [0.2, 0.25) is 0 Å². The number of hydrogen-bond donors (Lipinski definition) is 1. The lowest BCUT2D eigenvalue weighted by Crippen LogP contribution is -2.35. The van der Waals surface area contributed by atoms with Gasteiger partial charge < -0.3 is 15.0 Å². The molecule has 0 bridgehead atoms. The van der Waals surface area contributed by atoms with Crippen LogP contribution in [-0.4, -0.2) is 50.5 Å². The minimum Gasteiger partial charge on any atom is -0.444 e. The highest BCUT2D eigenvalue weighted by molar-refractivity contribution is 5.68. The van der Waals surface area contributed by atoms with Crippen molar-refractivity contribution in [1.82, 2.24) is 30.0 Å². The normalized spacial score (nSPS) is 11.8. The summed E-state index contributed by atoms with van der Waals surface area (Å²) >= 11 is 0. The molecule has 0 spiro atoms. The monoisotopic (exact) mass is 363 g/mol. The summed E-state index contributed by atoms with van der Waals surface area (Å²) in [7, 11) is 3.67. The third kappa shape index (κ3) is 5.98. The van der Waals surface area contributed by atoms with E-state index in [0.29, 0.717) is 17.7 Å². The van der Waals surface area contributed by atoms with Gasteiger partial charge in [-0.05, 0) is 33.8 Å². The lowest BCUT2D eigenvalue weighted by molar-refractivity contribution is 0.0505. The van der Waals surface area contributed by atoms with Gasteiger partial charge in [0, 0.05) is 26.5 Å². The Kier molecular flexibility index (Phi) is 7.48. The number of rotatable bonds is 4. The largest absolute Gasteiger partial charge is 0.444 e. The molecule has 1 atom stereocenters. The number of amides is 1. The maximum Gasteiger partial charge on any atom is 0.408 e. The molecule has 144 valence electrons. The van der Waals surface area contributed by atoms with Crippen LogP contribution in [0.4, 0.5) is 10.7 Å². The standard InChI is InChI=1S/C15H23N7O2.C2H6/c1-10(18-14(23)24-15(2,3)4)11-19-13(21(5)6)20-22(11)12-16-8-7-9-17-12;1-2/h7-10H,1-6H3,(H,18,23);1-2H3/t10-;/m0./s1. The van der Waals surface area contributed by atoms with E-state index in [9.17, 15) is 4.79 Å². The molecule has 26 heavy (non-hydrogen) atoms. The summed E-state index contributed by atoms with van der Waals surface area (Å²) in [5, 5.41) is 7.15. The molecule has 0 unspecified atom stereocenters. The van der Waals surface area contributed by atoms with Crippen molar-refractivity contribution >= 4 is 12.0 Å². The molecule has 2 aromatic heterocycles. The van der Waals surface area contributed by atoms with E-state index in [0.717, 1.165) is 0 Å². The van der Waals surface area contributed by atoms with Crippen molar-refractivity contribution in [2.24, 2.45) is 0 Å². The van der Waals surface area contributed by atoms with Crippen molar-refractivity contribution in [2.45, 2.75) is 53.2 Å². The average molecular weight is 363 g/mol. The van der Waals surface area contributed by atoms with E-state index in [1.807, 2.05) is 48.7 Å². The average Bonchev–Trinajstić information content (AvgIpc) is 3.01. The van der Waals surface area contributed by atoms with Crippen LogP contribution in [-0.2, 0) is 4.74 Å². The molecule has 9 nitrogen and oxygen atoms in total. The Labute approximate surface area is 154 Å². The molecule has 0 aliphatic heterocycles. The van der Waals surface area contributed by atoms with Crippen molar-refractivity contribution < 1.29 is 9.53 Å². The Hall–Kier alpha value is -2.71. The quantitative estimate of drug-likeness (QED) is 0.892. The molecular formula is C17H29N7O2. The van der Waals surface area contributed by atoms with Gasteiger partial charge >= 0.3 is 6.09 Å². The first-order valence-electron chi connectivity index (χ1n) is 8.58. The van der Waals surface area contributed by atoms with Crippen LogP contribution in [0.5, 0.6) is 0 Å². The van der Waals surface area contributed by atoms with Crippen LogP contribution in [0.25, 0.3) is 5.95 Å². The molecule has 1 N–H and O–H groups in total. The second-order valence-corrected chi connectivity index (χ2v) is 6.49. The highest BCUT2D eigenvalue weighted by atomic mass is 16.6. The highest BCUT2D eigenvalue weighted by Crippen LogP contribution is 2.17. The van der Waals surface area contributed by atoms with Gasteiger partial charge in [0.1, 0.15) is 5.60 Å². The molecule has 2 rings (SSSR count). The van der Waals surface area contributed by atoms with E-state index in [1.54, 1.807) is 30.3 Å². The maximum atomic E-state index is 12.0. The smallest absolute Gasteiger partial charge is 0.408 e. The van der Waals surface area contributed by atoms with Crippen molar-refractivity contribution in [1.29, 1.82) is 0 Å². The van der Waals surface area contributed by atoms with E-state index in [-0.39, 0.29) is 0 Å². The predicted molar refractivity (Wildman–Crippen MR) is 100 cm³/mol. The Bertz CT molecular complexity index is 693. The van der Waals surface area contributed by atoms with Crippen LogP contribution in [0.15, 0.2) is 18.5 Å². The lowest BCUT2D eigenvalue weighted by atomic mass is 10.2. The van der Waals surface area contributed by atoms with Crippen LogP contribution in [0.1, 0.15) is 53.4 Å². The van der Waals surface area contributed by atoms with Crippen molar-refractivity contribution in [3.63, 3.8) is 0 Å². The lowest BCUT2D eigenvalue weighted by Gasteiger charge is -2.21. The fraction of sp³-hybridized carbons (Fsp3) is 0.588. The molecule has 0 aliphatic carbocycles. The van der Waals surface area contributed by atoms with Gasteiger partial charge in [0.15, 0.2) is 5.82 Å². The fourth-order valence-corrected chi connectivity index (χ4v) is 1.88. The zero-order valence-corrected chi connectivity index (χ0v) is 16.8. The summed E-state index contributed by atoms with van der Waals surface area (Å²) < 4.78 is 6.79. The minimum atomic E-state index is -0.575. The zero-order valence-electron chi connectivity index (χ0n) is 16.8. The van der Waals surface area contributed by atoms with E-state index < -0.39 is 17.7 Å². The minimum absolute atomic E-state index is 0.380. The molecular weight excluding hydrogens is 334 g/mol. The first-order valence-corrected chi connectivity index (χ1v) is 8.58. The van der Waals surface area contributed by atoms with Gasteiger partial charge in [0.2, 0.25) is 5.95 Å². The molecule has 0 saturated carbocycles. The molecule has 1 amide bonds. The molecule has 0 fully saturated rings. The van der Waals surface area contributed by atoms with Gasteiger partial charge in [-0.2, -0.15) is 9.67 Å². The summed E-state index contributed by atoms with van der Waals surface area (Å²) in [5.74, 6) is 1.39. The maximum absolute atomic E-state index is 12.0. The van der Waals surface area contributed by atoms with Crippen molar-refractivity contribution in [3.8, 4) is 5.95 Å². The Morgan fingerprint density at radius 2 is 1.81 bits per heavy atom. The van der Waals surface area contributed by atoms with Gasteiger partial charge in [0.25, 0.3) is 5.95 Å². The van der Waals surface area contributed by atoms with E-state index in [1.165, 1.54) is 4.68 Å². The number of alkyl carbamates (subject to hydrolysis) is 1. The summed E-state index contributed by atoms with van der Waals surface area (Å²) in [6.07, 6.45) is 2.72. The van der Waals surface area contributed by atoms with Crippen LogP contribution in [0.3, 0.4) is 0 Å². The molecule has 2 aromatic rings. The van der Waals surface area contributed by atoms with Gasteiger partial charge in [-0.3, -0.25) is 0 Å². The summed E-state index contributed by atoms with van der Waals surface area (Å²) in [6, 6.07) is 1.28. The zero-order chi connectivity index (χ0) is 19.9. The third-order valence-electron chi connectivity index (χ3n) is 2.88. The van der Waals surface area contributed by atoms with Gasteiger partial charge in [-0.15, -0.1) is 5.10 Å². The number of carbonyl (C=O) groups excluding carboxylic acids is 1. The van der Waals surface area contributed by atoms with Gasteiger partial charge in [0.05, 0.1) is 6.04 Å². The highest BCUT2D eigenvalue weighted by Gasteiger charge is 2.24. The topological polar surface area (TPSA) is 98.1 Å². The molecule has 9 heteroatoms. The summed E-state index contributed by atoms with van der Waals surface area (Å²) in [5.41, 5.74) is -0.575. The summed E-state index contributed by atoms with van der Waals surface area (Å²) in [6.45, 7) is 11.2. The number of hydrogen-bond acceptors (Lipinski definition) is 7. The molecule has 0 aromatic carbocycles. The number of carbonyl (C=O) groups is 1. The molecule has 0 saturated heterocycles. The number of nitrogens with zero attached hydrogens (tertiary/aromatic N) is 6. The van der Waals surface area contributed by atoms with E-state index in [2.05, 4.69) is 25.4 Å². The van der Waals surface area contributed by atoms with Crippen molar-refractivity contribution in [2.75, 3.05) is 19.0 Å². The Morgan fingerprint density at radius 3 is 2.31 bits per heavy atom. The SMILES string of the molecule is CC.C[C@H](NC(=O)OC(C)(C)C)c1nc(N(C)C)nn1-c1ncccn1. The first-order chi connectivity index (χ1) is 12.2. The second kappa shape index (κ2) is 9.12. The van der Waals surface area contributed by atoms with Crippen LogP contribution >= 0.6 is 0 Å². The number of anilines is 1. The number of aromatic nitrogens is 5. The van der Waals surface area contributed by atoms with Crippen LogP contribution in [0, 0.1) is 0 Å². The Balaban J connectivity index is 0.00000163. The summed E-state index contributed by atoms with van der Waals surface area (Å²) in [4.78, 5) is 26.6. The number of ether oxygens (including phenoxy) is 1. The molecule has 0 aliphatic rings. The fourth-order valence-electron chi connectivity index (χ4n) is 1.88. The van der Waals surface area contributed by atoms with E-state index in [4.69, 9.17) is 4.74 Å². The van der Waals surface area contributed by atoms with Crippen LogP contribution < -0.4 is 10.2 Å². The second-order valence-electron chi connectivity index (χ2n) is 6.49. The van der Waals surface area contributed by atoms with Crippen molar-refractivity contribution in [3.05, 3.63) is 24.3 Å². The number of nitrogens with one attached hydrogen (secondary N) is 1. The molecule has 0 radical (unpaired) electrons. The first kappa shape index (κ1) is 21.3.